The normalized spacial score (nSPS) is 13.1. The largest absolute Gasteiger partial charge is 0.416 e. The number of benzene rings is 1. The topological polar surface area (TPSA) is 49.8 Å². The first-order valence-corrected chi connectivity index (χ1v) is 5.91. The molecule has 4 nitrogen and oxygen atoms in total. The molecule has 0 saturated carbocycles. The van der Waals surface area contributed by atoms with Crippen molar-refractivity contribution < 1.29 is 27.9 Å². The Bertz CT molecular complexity index is 445. The number of carbonyl (C=O) groups is 1. The Morgan fingerprint density at radius 1 is 1.35 bits per heavy atom. The molecular weight excluding hydrogens is 275 g/mol. The molecule has 0 fully saturated rings. The lowest BCUT2D eigenvalue weighted by atomic mass is 10.0. The van der Waals surface area contributed by atoms with Crippen LogP contribution in [0.3, 0.4) is 0 Å². The molecule has 1 aromatic carbocycles. The standard InChI is InChI=1S/C13H16F3NO3/c1-17(20-2)12(19)8-7-11(18)9-3-5-10(6-4-9)13(14,15)16/h3-6,11,18H,7-8H2,1-2H3. The fraction of sp³-hybridized carbons (Fsp3) is 0.462. The van der Waals surface area contributed by atoms with Gasteiger partial charge in [0.1, 0.15) is 0 Å². The van der Waals surface area contributed by atoms with Crippen molar-refractivity contribution >= 4 is 5.91 Å². The number of hydroxylamine groups is 2. The number of hydrogen-bond acceptors (Lipinski definition) is 3. The summed E-state index contributed by atoms with van der Waals surface area (Å²) in [5.41, 5.74) is -0.436. The van der Waals surface area contributed by atoms with Gasteiger partial charge in [-0.25, -0.2) is 5.06 Å². The Morgan fingerprint density at radius 2 is 1.90 bits per heavy atom. The van der Waals surface area contributed by atoms with Gasteiger partial charge in [0.15, 0.2) is 0 Å². The van der Waals surface area contributed by atoms with E-state index in [0.29, 0.717) is 5.56 Å². The SMILES string of the molecule is CON(C)C(=O)CCC(O)c1ccc(C(F)(F)F)cc1. The number of rotatable bonds is 5. The number of alkyl halides is 3. The van der Waals surface area contributed by atoms with E-state index in [-0.39, 0.29) is 18.7 Å². The highest BCUT2D eigenvalue weighted by Crippen LogP contribution is 2.30. The second-order valence-corrected chi connectivity index (χ2v) is 4.25. The number of nitrogens with zero attached hydrogens (tertiary/aromatic N) is 1. The summed E-state index contributed by atoms with van der Waals surface area (Å²) in [6.45, 7) is 0. The molecule has 1 N–H and O–H groups in total. The van der Waals surface area contributed by atoms with Crippen molar-refractivity contribution in [2.75, 3.05) is 14.2 Å². The summed E-state index contributed by atoms with van der Waals surface area (Å²) in [5.74, 6) is -0.321. The maximum atomic E-state index is 12.4. The highest BCUT2D eigenvalue weighted by atomic mass is 19.4. The molecule has 0 aliphatic rings. The summed E-state index contributed by atoms with van der Waals surface area (Å²) in [7, 11) is 2.77. The molecule has 0 radical (unpaired) electrons. The van der Waals surface area contributed by atoms with Crippen LogP contribution in [0, 0.1) is 0 Å². The quantitative estimate of drug-likeness (QED) is 0.848. The summed E-state index contributed by atoms with van der Waals surface area (Å²) in [6, 6.07) is 4.22. The zero-order valence-corrected chi connectivity index (χ0v) is 11.1. The highest BCUT2D eigenvalue weighted by molar-refractivity contribution is 5.74. The highest BCUT2D eigenvalue weighted by Gasteiger charge is 2.30. The Hall–Kier alpha value is -1.60. The van der Waals surface area contributed by atoms with E-state index in [1.165, 1.54) is 26.3 Å². The van der Waals surface area contributed by atoms with Crippen molar-refractivity contribution in [2.45, 2.75) is 25.1 Å². The molecule has 0 aliphatic carbocycles. The maximum Gasteiger partial charge on any atom is 0.416 e. The number of carbonyl (C=O) groups excluding carboxylic acids is 1. The van der Waals surface area contributed by atoms with E-state index >= 15 is 0 Å². The van der Waals surface area contributed by atoms with E-state index in [1.807, 2.05) is 0 Å². The lowest BCUT2D eigenvalue weighted by Crippen LogP contribution is -2.25. The van der Waals surface area contributed by atoms with E-state index in [4.69, 9.17) is 0 Å². The molecular formula is C13H16F3NO3. The van der Waals surface area contributed by atoms with Gasteiger partial charge in [-0.1, -0.05) is 12.1 Å². The van der Waals surface area contributed by atoms with Crippen LogP contribution < -0.4 is 0 Å². The second-order valence-electron chi connectivity index (χ2n) is 4.25. The number of halogens is 3. The molecule has 0 bridgehead atoms. The first-order chi connectivity index (χ1) is 9.25. The van der Waals surface area contributed by atoms with Crippen LogP contribution in [0.25, 0.3) is 0 Å². The molecule has 1 unspecified atom stereocenters. The molecule has 1 atom stereocenters. The van der Waals surface area contributed by atoms with Crippen LogP contribution in [0.5, 0.6) is 0 Å². The fourth-order valence-corrected chi connectivity index (χ4v) is 1.58. The molecule has 0 heterocycles. The van der Waals surface area contributed by atoms with Gasteiger partial charge in [-0.2, -0.15) is 13.2 Å². The summed E-state index contributed by atoms with van der Waals surface area (Å²) in [6.07, 6.45) is -5.25. The van der Waals surface area contributed by atoms with Gasteiger partial charge in [-0.05, 0) is 24.1 Å². The van der Waals surface area contributed by atoms with Crippen molar-refractivity contribution in [3.63, 3.8) is 0 Å². The third-order valence-corrected chi connectivity index (χ3v) is 2.88. The third kappa shape index (κ3) is 4.50. The molecule has 1 amide bonds. The maximum absolute atomic E-state index is 12.4. The zero-order chi connectivity index (χ0) is 15.3. The van der Waals surface area contributed by atoms with E-state index in [0.717, 1.165) is 17.2 Å². The molecule has 1 rings (SSSR count). The van der Waals surface area contributed by atoms with E-state index in [9.17, 15) is 23.1 Å². The Kier molecular flexibility index (Phi) is 5.52. The molecule has 0 aromatic heterocycles. The smallest absolute Gasteiger partial charge is 0.388 e. The predicted molar refractivity (Wildman–Crippen MR) is 65.4 cm³/mol. The summed E-state index contributed by atoms with van der Waals surface area (Å²) < 4.78 is 37.1. The predicted octanol–water partition coefficient (Wildman–Crippen LogP) is 2.54. The van der Waals surface area contributed by atoms with Gasteiger partial charge in [0, 0.05) is 13.5 Å². The number of aliphatic hydroxyl groups is 1. The van der Waals surface area contributed by atoms with Crippen LogP contribution in [0.2, 0.25) is 0 Å². The molecule has 112 valence electrons. The fourth-order valence-electron chi connectivity index (χ4n) is 1.58. The molecule has 7 heteroatoms. The lowest BCUT2D eigenvalue weighted by molar-refractivity contribution is -0.169. The average molecular weight is 291 g/mol. The van der Waals surface area contributed by atoms with Crippen molar-refractivity contribution in [3.05, 3.63) is 35.4 Å². The molecule has 20 heavy (non-hydrogen) atoms. The average Bonchev–Trinajstić information content (AvgIpc) is 2.42. The zero-order valence-electron chi connectivity index (χ0n) is 11.1. The van der Waals surface area contributed by atoms with Crippen LogP contribution in [-0.4, -0.2) is 30.2 Å². The van der Waals surface area contributed by atoms with Crippen LogP contribution in [0.1, 0.15) is 30.1 Å². The summed E-state index contributed by atoms with van der Waals surface area (Å²) >= 11 is 0. The van der Waals surface area contributed by atoms with Gasteiger partial charge in [-0.15, -0.1) is 0 Å². The van der Waals surface area contributed by atoms with Crippen LogP contribution in [0.15, 0.2) is 24.3 Å². The van der Waals surface area contributed by atoms with Crippen molar-refractivity contribution in [2.24, 2.45) is 0 Å². The monoisotopic (exact) mass is 291 g/mol. The summed E-state index contributed by atoms with van der Waals surface area (Å²) in [5, 5.41) is 10.9. The Labute approximate surface area is 114 Å². The first kappa shape index (κ1) is 16.5. The molecule has 1 aromatic rings. The van der Waals surface area contributed by atoms with Gasteiger partial charge in [-0.3, -0.25) is 9.63 Å². The van der Waals surface area contributed by atoms with Gasteiger partial charge >= 0.3 is 6.18 Å². The van der Waals surface area contributed by atoms with E-state index in [1.54, 1.807) is 0 Å². The van der Waals surface area contributed by atoms with Gasteiger partial charge in [0.25, 0.3) is 0 Å². The molecule has 0 aliphatic heterocycles. The van der Waals surface area contributed by atoms with Crippen molar-refractivity contribution in [3.8, 4) is 0 Å². The van der Waals surface area contributed by atoms with E-state index < -0.39 is 17.8 Å². The molecule has 0 spiro atoms. The van der Waals surface area contributed by atoms with E-state index in [2.05, 4.69) is 4.84 Å². The van der Waals surface area contributed by atoms with Crippen molar-refractivity contribution in [1.82, 2.24) is 5.06 Å². The van der Waals surface area contributed by atoms with Crippen molar-refractivity contribution in [1.29, 1.82) is 0 Å². The number of amides is 1. The Balaban J connectivity index is 2.60. The number of hydrogen-bond donors (Lipinski definition) is 1. The number of aliphatic hydroxyl groups excluding tert-OH is 1. The first-order valence-electron chi connectivity index (χ1n) is 5.91. The van der Waals surface area contributed by atoms with Crippen LogP contribution in [-0.2, 0) is 15.8 Å². The van der Waals surface area contributed by atoms with Crippen LogP contribution >= 0.6 is 0 Å². The molecule has 0 saturated heterocycles. The third-order valence-electron chi connectivity index (χ3n) is 2.88. The minimum Gasteiger partial charge on any atom is -0.388 e. The van der Waals surface area contributed by atoms with Gasteiger partial charge < -0.3 is 5.11 Å². The van der Waals surface area contributed by atoms with Gasteiger partial charge in [0.05, 0.1) is 18.8 Å². The Morgan fingerprint density at radius 3 is 2.35 bits per heavy atom. The van der Waals surface area contributed by atoms with Crippen LogP contribution in [0.4, 0.5) is 13.2 Å². The lowest BCUT2D eigenvalue weighted by Gasteiger charge is -2.16. The second kappa shape index (κ2) is 6.71. The minimum atomic E-state index is -4.40. The summed E-state index contributed by atoms with van der Waals surface area (Å²) in [4.78, 5) is 16.1. The van der Waals surface area contributed by atoms with Gasteiger partial charge in [0.2, 0.25) is 5.91 Å². The minimum absolute atomic E-state index is 0.0343.